The molecule has 1 N–H and O–H groups in total. The van der Waals surface area contributed by atoms with E-state index in [4.69, 9.17) is 4.74 Å². The monoisotopic (exact) mass is 448 g/mol. The molecule has 0 aliphatic carbocycles. The van der Waals surface area contributed by atoms with Crippen molar-refractivity contribution >= 4 is 22.6 Å². The number of para-hydroxylation sites is 1. The van der Waals surface area contributed by atoms with Crippen molar-refractivity contribution in [1.29, 1.82) is 0 Å². The maximum atomic E-state index is 12.8. The number of aromatic nitrogens is 4. The van der Waals surface area contributed by atoms with E-state index in [1.54, 1.807) is 24.3 Å². The minimum Gasteiger partial charge on any atom is -0.484 e. The number of carbonyl (C=O) groups is 1. The number of nitrogens with one attached hydrogen (secondary N) is 1. The lowest BCUT2D eigenvalue weighted by atomic mass is 10.2. The summed E-state index contributed by atoms with van der Waals surface area (Å²) in [5.74, 6) is 0.332. The molecule has 0 atom stereocenters. The normalized spacial score (nSPS) is 10.8. The quantitative estimate of drug-likeness (QED) is 0.304. The molecule has 2 aromatic heterocycles. The first-order valence-corrected chi connectivity index (χ1v) is 10.1. The van der Waals surface area contributed by atoms with E-state index in [0.717, 1.165) is 0 Å². The molecule has 0 bridgehead atoms. The van der Waals surface area contributed by atoms with Crippen LogP contribution in [0.5, 0.6) is 5.75 Å². The van der Waals surface area contributed by atoms with Crippen LogP contribution in [0.25, 0.3) is 11.0 Å². The highest BCUT2D eigenvalue weighted by molar-refractivity contribution is 5.77. The fraction of sp³-hybridized carbons (Fsp3) is 0.182. The van der Waals surface area contributed by atoms with E-state index >= 15 is 0 Å². The first-order chi connectivity index (χ1) is 16.0. The molecule has 33 heavy (non-hydrogen) atoms. The van der Waals surface area contributed by atoms with Gasteiger partial charge in [0.05, 0.1) is 24.2 Å². The van der Waals surface area contributed by atoms with Gasteiger partial charge in [0.2, 0.25) is 0 Å². The third-order valence-electron chi connectivity index (χ3n) is 4.86. The molecule has 0 fully saturated rings. The number of non-ortho nitro benzene ring substituents is 1. The van der Waals surface area contributed by atoms with Crippen molar-refractivity contribution < 1.29 is 14.5 Å². The molecule has 11 heteroatoms. The van der Waals surface area contributed by atoms with E-state index in [9.17, 15) is 19.7 Å². The molecule has 0 aliphatic rings. The Morgan fingerprint density at radius 2 is 1.97 bits per heavy atom. The number of amides is 1. The average Bonchev–Trinajstić information content (AvgIpc) is 3.24. The summed E-state index contributed by atoms with van der Waals surface area (Å²) in [5.41, 5.74) is 0.655. The molecule has 0 aliphatic heterocycles. The van der Waals surface area contributed by atoms with Crippen LogP contribution in [0, 0.1) is 10.1 Å². The number of nitro groups is 1. The predicted molar refractivity (Wildman–Crippen MR) is 119 cm³/mol. The van der Waals surface area contributed by atoms with Gasteiger partial charge in [-0.15, -0.1) is 0 Å². The number of benzene rings is 2. The van der Waals surface area contributed by atoms with Crippen LogP contribution in [0.1, 0.15) is 5.56 Å². The number of rotatable bonds is 9. The largest absolute Gasteiger partial charge is 0.484 e. The fourth-order valence-corrected chi connectivity index (χ4v) is 3.26. The van der Waals surface area contributed by atoms with Gasteiger partial charge in [-0.05, 0) is 17.7 Å². The highest BCUT2D eigenvalue weighted by atomic mass is 16.6. The molecule has 2 heterocycles. The van der Waals surface area contributed by atoms with Gasteiger partial charge < -0.3 is 10.1 Å². The van der Waals surface area contributed by atoms with E-state index in [0.29, 0.717) is 28.9 Å². The number of nitrogens with zero attached hydrogens (tertiary/aromatic N) is 5. The first-order valence-electron chi connectivity index (χ1n) is 10.1. The van der Waals surface area contributed by atoms with Crippen molar-refractivity contribution in [2.45, 2.75) is 13.1 Å². The number of carbonyl (C=O) groups excluding carboxylic acids is 1. The second-order valence-corrected chi connectivity index (χ2v) is 7.16. The zero-order valence-corrected chi connectivity index (χ0v) is 17.5. The van der Waals surface area contributed by atoms with Crippen LogP contribution in [-0.2, 0) is 17.9 Å². The summed E-state index contributed by atoms with van der Waals surface area (Å²) in [5, 5.41) is 18.2. The Bertz CT molecular complexity index is 1350. The molecule has 0 saturated carbocycles. The summed E-state index contributed by atoms with van der Waals surface area (Å²) in [7, 11) is 0. The summed E-state index contributed by atoms with van der Waals surface area (Å²) in [6.45, 7) is 0.644. The van der Waals surface area contributed by atoms with E-state index in [2.05, 4.69) is 15.4 Å². The number of ether oxygens (including phenoxy) is 1. The number of hydrogen-bond acceptors (Lipinski definition) is 7. The second-order valence-electron chi connectivity index (χ2n) is 7.16. The van der Waals surface area contributed by atoms with Crippen LogP contribution in [-0.4, -0.2) is 43.3 Å². The molecule has 168 valence electrons. The van der Waals surface area contributed by atoms with Gasteiger partial charge in [-0.1, -0.05) is 30.3 Å². The Balaban J connectivity index is 1.37. The maximum absolute atomic E-state index is 12.8. The van der Waals surface area contributed by atoms with E-state index in [1.165, 1.54) is 33.9 Å². The molecule has 11 nitrogen and oxygen atoms in total. The van der Waals surface area contributed by atoms with Crippen molar-refractivity contribution in [1.82, 2.24) is 24.6 Å². The third-order valence-corrected chi connectivity index (χ3v) is 4.86. The predicted octanol–water partition coefficient (Wildman–Crippen LogP) is 1.74. The SMILES string of the molecule is O=C(COc1ccccc1)NCCn1ncc2c(=O)n(Cc3cccc([N+](=O)[O-])c3)cnc21. The van der Waals surface area contributed by atoms with E-state index in [-0.39, 0.29) is 36.9 Å². The van der Waals surface area contributed by atoms with Crippen LogP contribution in [0.4, 0.5) is 5.69 Å². The van der Waals surface area contributed by atoms with Gasteiger partial charge in [0, 0.05) is 18.7 Å². The maximum Gasteiger partial charge on any atom is 0.269 e. The standard InChI is InChI=1S/C22H20N6O5/c29-20(14-33-18-7-2-1-3-8-18)23-9-10-27-21-19(12-25-27)22(30)26(15-24-21)13-16-5-4-6-17(11-16)28(31)32/h1-8,11-12,15H,9-10,13-14H2,(H,23,29). The Morgan fingerprint density at radius 1 is 1.15 bits per heavy atom. The smallest absolute Gasteiger partial charge is 0.269 e. The molecular weight excluding hydrogens is 428 g/mol. The summed E-state index contributed by atoms with van der Waals surface area (Å²) in [6, 6.07) is 15.1. The van der Waals surface area contributed by atoms with Gasteiger partial charge in [0.1, 0.15) is 17.5 Å². The van der Waals surface area contributed by atoms with Crippen molar-refractivity contribution in [3.8, 4) is 5.75 Å². The van der Waals surface area contributed by atoms with Gasteiger partial charge in [0.15, 0.2) is 12.3 Å². The average molecular weight is 448 g/mol. The molecule has 2 aromatic carbocycles. The lowest BCUT2D eigenvalue weighted by Gasteiger charge is -2.08. The zero-order chi connectivity index (χ0) is 23.2. The summed E-state index contributed by atoms with van der Waals surface area (Å²) < 4.78 is 8.30. The van der Waals surface area contributed by atoms with Crippen molar-refractivity contribution in [3.05, 3.63) is 93.2 Å². The Hall–Kier alpha value is -4.54. The van der Waals surface area contributed by atoms with Crippen molar-refractivity contribution in [3.63, 3.8) is 0 Å². The van der Waals surface area contributed by atoms with Gasteiger partial charge in [0.25, 0.3) is 17.2 Å². The molecule has 0 spiro atoms. The molecule has 4 aromatic rings. The second kappa shape index (κ2) is 9.73. The topological polar surface area (TPSA) is 134 Å². The van der Waals surface area contributed by atoms with Crippen molar-refractivity contribution in [2.75, 3.05) is 13.2 Å². The third kappa shape index (κ3) is 5.21. The minimum atomic E-state index is -0.482. The Labute approximate surface area is 187 Å². The first kappa shape index (κ1) is 21.7. The van der Waals surface area contributed by atoms with Gasteiger partial charge >= 0.3 is 0 Å². The zero-order valence-electron chi connectivity index (χ0n) is 17.5. The summed E-state index contributed by atoms with van der Waals surface area (Å²) in [4.78, 5) is 39.6. The van der Waals surface area contributed by atoms with Gasteiger partial charge in [-0.25, -0.2) is 9.67 Å². The van der Waals surface area contributed by atoms with Crippen LogP contribution >= 0.6 is 0 Å². The number of nitro benzene ring substituents is 1. The van der Waals surface area contributed by atoms with Gasteiger partial charge in [-0.3, -0.25) is 24.3 Å². The molecule has 1 amide bonds. The van der Waals surface area contributed by atoms with Gasteiger partial charge in [-0.2, -0.15) is 5.10 Å². The summed E-state index contributed by atoms with van der Waals surface area (Å²) >= 11 is 0. The lowest BCUT2D eigenvalue weighted by Crippen LogP contribution is -2.31. The van der Waals surface area contributed by atoms with Crippen LogP contribution < -0.4 is 15.6 Å². The van der Waals surface area contributed by atoms with E-state index < -0.39 is 4.92 Å². The van der Waals surface area contributed by atoms with Crippen LogP contribution in [0.3, 0.4) is 0 Å². The number of hydrogen-bond donors (Lipinski definition) is 1. The Kier molecular flexibility index (Phi) is 6.39. The summed E-state index contributed by atoms with van der Waals surface area (Å²) in [6.07, 6.45) is 2.81. The lowest BCUT2D eigenvalue weighted by molar-refractivity contribution is -0.384. The fourth-order valence-electron chi connectivity index (χ4n) is 3.26. The molecule has 0 saturated heterocycles. The number of fused-ring (bicyclic) bond motifs is 1. The molecular formula is C22H20N6O5. The molecule has 4 rings (SSSR count). The van der Waals surface area contributed by atoms with E-state index in [1.807, 2.05) is 18.2 Å². The van der Waals surface area contributed by atoms with Crippen LogP contribution in [0.15, 0.2) is 71.9 Å². The molecule has 0 radical (unpaired) electrons. The Morgan fingerprint density at radius 3 is 2.76 bits per heavy atom. The molecule has 0 unspecified atom stereocenters. The van der Waals surface area contributed by atoms with Crippen LogP contribution in [0.2, 0.25) is 0 Å². The van der Waals surface area contributed by atoms with Crippen molar-refractivity contribution in [2.24, 2.45) is 0 Å². The highest BCUT2D eigenvalue weighted by Gasteiger charge is 2.12. The minimum absolute atomic E-state index is 0.0429. The highest BCUT2D eigenvalue weighted by Crippen LogP contribution is 2.14.